The van der Waals surface area contributed by atoms with Crippen LogP contribution in [0.2, 0.25) is 0 Å². The number of ether oxygens (including phenoxy) is 1. The summed E-state index contributed by atoms with van der Waals surface area (Å²) in [5.74, 6) is 0.615. The van der Waals surface area contributed by atoms with E-state index in [0.717, 1.165) is 22.2 Å². The van der Waals surface area contributed by atoms with Gasteiger partial charge >= 0.3 is 0 Å². The number of hydrogen-bond acceptors (Lipinski definition) is 2. The predicted octanol–water partition coefficient (Wildman–Crippen LogP) is 3.36. The Morgan fingerprint density at radius 2 is 1.83 bits per heavy atom. The number of fused-ring (bicyclic) bond motifs is 1. The molecule has 0 heterocycles. The van der Waals surface area contributed by atoms with Crippen molar-refractivity contribution >= 4 is 22.4 Å². The molecular weight excluding hydrogens is 226 g/mol. The van der Waals surface area contributed by atoms with Gasteiger partial charge in [0.25, 0.3) is 5.91 Å². The predicted molar refractivity (Wildman–Crippen MR) is 73.9 cm³/mol. The highest BCUT2D eigenvalue weighted by Gasteiger charge is 2.08. The van der Waals surface area contributed by atoms with Crippen LogP contribution in [-0.4, -0.2) is 13.0 Å². The molecule has 3 nitrogen and oxygen atoms in total. The van der Waals surface area contributed by atoms with Gasteiger partial charge in [0.2, 0.25) is 0 Å². The second-order valence-corrected chi connectivity index (χ2v) is 4.10. The molecule has 2 rings (SSSR count). The molecule has 3 heteroatoms. The zero-order valence-electron chi connectivity index (χ0n) is 10.5. The Bertz CT molecular complexity index is 617. The molecular formula is C15H15NO2. The normalized spacial score (nSPS) is 10.1. The van der Waals surface area contributed by atoms with Gasteiger partial charge in [-0.1, -0.05) is 30.8 Å². The van der Waals surface area contributed by atoms with E-state index in [-0.39, 0.29) is 5.91 Å². The maximum Gasteiger partial charge on any atom is 0.250 e. The molecule has 0 saturated carbocycles. The number of amides is 1. The first-order valence-corrected chi connectivity index (χ1v) is 5.66. The number of hydrogen-bond donors (Lipinski definition) is 1. The van der Waals surface area contributed by atoms with Crippen molar-refractivity contribution in [3.8, 4) is 5.75 Å². The summed E-state index contributed by atoms with van der Waals surface area (Å²) < 4.78 is 5.30. The van der Waals surface area contributed by atoms with Crippen LogP contribution >= 0.6 is 0 Å². The van der Waals surface area contributed by atoms with Gasteiger partial charge in [0, 0.05) is 22.0 Å². The largest absolute Gasteiger partial charge is 0.496 e. The van der Waals surface area contributed by atoms with Crippen molar-refractivity contribution in [2.75, 3.05) is 12.4 Å². The quantitative estimate of drug-likeness (QED) is 0.837. The molecule has 0 bridgehead atoms. The van der Waals surface area contributed by atoms with Crippen molar-refractivity contribution in [1.29, 1.82) is 0 Å². The van der Waals surface area contributed by atoms with E-state index < -0.39 is 0 Å². The molecule has 0 atom stereocenters. The highest BCUT2D eigenvalue weighted by molar-refractivity contribution is 6.09. The Kier molecular flexibility index (Phi) is 3.33. The fourth-order valence-corrected chi connectivity index (χ4v) is 1.79. The zero-order valence-corrected chi connectivity index (χ0v) is 10.5. The molecule has 0 radical (unpaired) electrons. The first-order chi connectivity index (χ1) is 8.63. The lowest BCUT2D eigenvalue weighted by atomic mass is 10.1. The van der Waals surface area contributed by atoms with Crippen LogP contribution in [-0.2, 0) is 4.79 Å². The molecule has 0 saturated heterocycles. The summed E-state index contributed by atoms with van der Waals surface area (Å²) in [4.78, 5) is 11.7. The molecule has 1 amide bonds. The van der Waals surface area contributed by atoms with Crippen molar-refractivity contribution in [3.05, 3.63) is 48.6 Å². The van der Waals surface area contributed by atoms with Crippen LogP contribution in [0.3, 0.4) is 0 Å². The number of anilines is 1. The average Bonchev–Trinajstić information content (AvgIpc) is 2.39. The van der Waals surface area contributed by atoms with Crippen molar-refractivity contribution < 1.29 is 9.53 Å². The van der Waals surface area contributed by atoms with E-state index in [0.29, 0.717) is 5.57 Å². The first kappa shape index (κ1) is 12.2. The minimum atomic E-state index is -0.176. The summed E-state index contributed by atoms with van der Waals surface area (Å²) in [7, 11) is 1.63. The maximum absolute atomic E-state index is 11.7. The monoisotopic (exact) mass is 241 g/mol. The number of carbonyl (C=O) groups is 1. The van der Waals surface area contributed by atoms with Gasteiger partial charge < -0.3 is 10.1 Å². The van der Waals surface area contributed by atoms with Gasteiger partial charge in [-0.25, -0.2) is 0 Å². The Morgan fingerprint density at radius 1 is 1.17 bits per heavy atom. The van der Waals surface area contributed by atoms with E-state index >= 15 is 0 Å². The second-order valence-electron chi connectivity index (χ2n) is 4.10. The number of rotatable bonds is 3. The first-order valence-electron chi connectivity index (χ1n) is 5.66. The number of carbonyl (C=O) groups excluding carboxylic acids is 1. The van der Waals surface area contributed by atoms with Gasteiger partial charge in [-0.05, 0) is 19.1 Å². The Hall–Kier alpha value is -2.29. The van der Waals surface area contributed by atoms with E-state index in [4.69, 9.17) is 4.74 Å². The van der Waals surface area contributed by atoms with Crippen LogP contribution in [0.15, 0.2) is 48.6 Å². The van der Waals surface area contributed by atoms with Crippen molar-refractivity contribution in [3.63, 3.8) is 0 Å². The lowest BCUT2D eigenvalue weighted by molar-refractivity contribution is -0.112. The molecule has 2 aromatic carbocycles. The molecule has 18 heavy (non-hydrogen) atoms. The van der Waals surface area contributed by atoms with Crippen LogP contribution < -0.4 is 10.1 Å². The van der Waals surface area contributed by atoms with Gasteiger partial charge in [0.15, 0.2) is 0 Å². The number of benzene rings is 2. The summed E-state index contributed by atoms with van der Waals surface area (Å²) in [5.41, 5.74) is 1.24. The summed E-state index contributed by atoms with van der Waals surface area (Å²) in [6.45, 7) is 5.31. The van der Waals surface area contributed by atoms with Crippen molar-refractivity contribution in [2.45, 2.75) is 6.92 Å². The van der Waals surface area contributed by atoms with Crippen molar-refractivity contribution in [2.24, 2.45) is 0 Å². The molecule has 0 unspecified atom stereocenters. The standard InChI is InChI=1S/C15H15NO2/c1-10(2)15(17)16-13-8-9-14(18-3)12-7-5-4-6-11(12)13/h4-9H,1H2,2-3H3,(H,16,17). The average molecular weight is 241 g/mol. The molecule has 92 valence electrons. The van der Waals surface area contributed by atoms with E-state index in [2.05, 4.69) is 11.9 Å². The Morgan fingerprint density at radius 3 is 2.44 bits per heavy atom. The maximum atomic E-state index is 11.7. The van der Waals surface area contributed by atoms with Gasteiger partial charge in [0.05, 0.1) is 7.11 Å². The summed E-state index contributed by atoms with van der Waals surface area (Å²) in [5, 5.41) is 4.76. The van der Waals surface area contributed by atoms with Gasteiger partial charge in [-0.2, -0.15) is 0 Å². The van der Waals surface area contributed by atoms with Gasteiger partial charge in [-0.3, -0.25) is 4.79 Å². The molecule has 0 aliphatic heterocycles. The van der Waals surface area contributed by atoms with E-state index in [1.807, 2.05) is 36.4 Å². The summed E-state index contributed by atoms with van der Waals surface area (Å²) in [6, 6.07) is 11.5. The molecule has 1 N–H and O–H groups in total. The number of methoxy groups -OCH3 is 1. The van der Waals surface area contributed by atoms with E-state index in [1.165, 1.54) is 0 Å². The molecule has 0 aliphatic rings. The van der Waals surface area contributed by atoms with Crippen molar-refractivity contribution in [1.82, 2.24) is 0 Å². The van der Waals surface area contributed by atoms with Crippen LogP contribution in [0.4, 0.5) is 5.69 Å². The topological polar surface area (TPSA) is 38.3 Å². The summed E-state index contributed by atoms with van der Waals surface area (Å²) in [6.07, 6.45) is 0. The SMILES string of the molecule is C=C(C)C(=O)Nc1ccc(OC)c2ccccc12. The molecule has 2 aromatic rings. The fourth-order valence-electron chi connectivity index (χ4n) is 1.79. The van der Waals surface area contributed by atoms with Crippen LogP contribution in [0, 0.1) is 0 Å². The third-order valence-corrected chi connectivity index (χ3v) is 2.74. The molecule has 0 aromatic heterocycles. The summed E-state index contributed by atoms with van der Waals surface area (Å²) >= 11 is 0. The van der Waals surface area contributed by atoms with Gasteiger partial charge in [-0.15, -0.1) is 0 Å². The Balaban J connectivity index is 2.53. The highest BCUT2D eigenvalue weighted by Crippen LogP contribution is 2.31. The Labute approximate surface area is 106 Å². The van der Waals surface area contributed by atoms with Crippen LogP contribution in [0.5, 0.6) is 5.75 Å². The molecule has 0 spiro atoms. The van der Waals surface area contributed by atoms with Gasteiger partial charge in [0.1, 0.15) is 5.75 Å². The second kappa shape index (κ2) is 4.92. The van der Waals surface area contributed by atoms with Crippen LogP contribution in [0.25, 0.3) is 10.8 Å². The highest BCUT2D eigenvalue weighted by atomic mass is 16.5. The lowest BCUT2D eigenvalue weighted by Gasteiger charge is -2.11. The lowest BCUT2D eigenvalue weighted by Crippen LogP contribution is -2.12. The molecule has 0 aliphatic carbocycles. The van der Waals surface area contributed by atoms with E-state index in [9.17, 15) is 4.79 Å². The zero-order chi connectivity index (χ0) is 13.1. The third-order valence-electron chi connectivity index (χ3n) is 2.74. The van der Waals surface area contributed by atoms with E-state index in [1.54, 1.807) is 14.0 Å². The minimum Gasteiger partial charge on any atom is -0.496 e. The molecule has 0 fully saturated rings. The van der Waals surface area contributed by atoms with Crippen LogP contribution in [0.1, 0.15) is 6.92 Å². The fraction of sp³-hybridized carbons (Fsp3) is 0.133. The smallest absolute Gasteiger partial charge is 0.250 e. The minimum absolute atomic E-state index is 0.176. The number of nitrogens with one attached hydrogen (secondary N) is 1. The third kappa shape index (κ3) is 2.20.